The van der Waals surface area contributed by atoms with Crippen LogP contribution in [0.3, 0.4) is 0 Å². The third-order valence-corrected chi connectivity index (χ3v) is 6.34. The molecule has 0 aliphatic rings. The summed E-state index contributed by atoms with van der Waals surface area (Å²) in [6.45, 7) is 3.37. The van der Waals surface area contributed by atoms with E-state index < -0.39 is 17.6 Å². The van der Waals surface area contributed by atoms with Crippen LogP contribution in [0.5, 0.6) is 0 Å². The van der Waals surface area contributed by atoms with E-state index in [1.807, 2.05) is 45.3 Å². The predicted molar refractivity (Wildman–Crippen MR) is 150 cm³/mol. The Morgan fingerprint density at radius 1 is 1.03 bits per heavy atom. The summed E-state index contributed by atoms with van der Waals surface area (Å²) in [5, 5.41) is 6.72. The molecule has 0 fully saturated rings. The van der Waals surface area contributed by atoms with E-state index >= 15 is 0 Å². The Balaban J connectivity index is 1.59. The number of carbonyl (C=O) groups is 1. The Bertz CT molecular complexity index is 1490. The van der Waals surface area contributed by atoms with Gasteiger partial charge in [0.25, 0.3) is 5.91 Å². The Morgan fingerprint density at radius 2 is 1.82 bits per heavy atom. The molecule has 39 heavy (non-hydrogen) atoms. The lowest BCUT2D eigenvalue weighted by Crippen LogP contribution is -2.18. The summed E-state index contributed by atoms with van der Waals surface area (Å²) >= 11 is 0. The molecule has 3 aromatic carbocycles. The molecule has 0 saturated heterocycles. The van der Waals surface area contributed by atoms with E-state index in [0.717, 1.165) is 53.6 Å². The first kappa shape index (κ1) is 27.8. The van der Waals surface area contributed by atoms with Crippen LogP contribution in [0.2, 0.25) is 0 Å². The number of hydrogen-bond acceptors (Lipinski definition) is 6. The standard InChI is InChI=1S/C29H31F3N6O/c1-18-6-9-22(16-23(18)19-7-10-25-20(14-19)17-35-28(33)37-25)36-27(39)24-15-21(29(30,31)32)8-11-26(24)34-12-4-5-13-38(2)3/h6-11,14-17,34H,4-5,12-13H2,1-3H3,(H,36,39)(H2,33,35,37). The number of nitrogens with zero attached hydrogens (tertiary/aromatic N) is 3. The molecule has 0 spiro atoms. The number of anilines is 3. The fraction of sp³-hybridized carbons (Fsp3) is 0.276. The minimum absolute atomic E-state index is 0.0694. The highest BCUT2D eigenvalue weighted by molar-refractivity contribution is 6.08. The van der Waals surface area contributed by atoms with Gasteiger partial charge in [0.1, 0.15) is 0 Å². The second kappa shape index (κ2) is 11.7. The molecule has 0 saturated carbocycles. The van der Waals surface area contributed by atoms with Gasteiger partial charge in [0, 0.05) is 29.5 Å². The van der Waals surface area contributed by atoms with Crippen LogP contribution in [-0.2, 0) is 6.18 Å². The van der Waals surface area contributed by atoms with Gasteiger partial charge in [0.2, 0.25) is 5.95 Å². The molecular weight excluding hydrogens is 505 g/mol. The molecule has 1 amide bonds. The van der Waals surface area contributed by atoms with Gasteiger partial charge >= 0.3 is 6.18 Å². The maximum absolute atomic E-state index is 13.5. The van der Waals surface area contributed by atoms with Crippen LogP contribution in [0.25, 0.3) is 22.0 Å². The average molecular weight is 537 g/mol. The second-order valence-electron chi connectivity index (χ2n) is 9.68. The topological polar surface area (TPSA) is 96.2 Å². The van der Waals surface area contributed by atoms with Gasteiger partial charge in [-0.3, -0.25) is 4.79 Å². The van der Waals surface area contributed by atoms with Crippen LogP contribution in [0.15, 0.2) is 60.8 Å². The number of alkyl halides is 3. The van der Waals surface area contributed by atoms with E-state index in [0.29, 0.717) is 23.4 Å². The second-order valence-corrected chi connectivity index (χ2v) is 9.68. The van der Waals surface area contributed by atoms with Crippen molar-refractivity contribution in [2.75, 3.05) is 43.6 Å². The largest absolute Gasteiger partial charge is 0.416 e. The maximum atomic E-state index is 13.5. The molecule has 0 radical (unpaired) electrons. The SMILES string of the molecule is Cc1ccc(NC(=O)c2cc(C(F)(F)F)ccc2NCCCCN(C)C)cc1-c1ccc2nc(N)ncc2c1. The van der Waals surface area contributed by atoms with Gasteiger partial charge in [0.05, 0.1) is 16.6 Å². The van der Waals surface area contributed by atoms with E-state index in [-0.39, 0.29) is 11.5 Å². The fourth-order valence-corrected chi connectivity index (χ4v) is 4.26. The Labute approximate surface area is 225 Å². The van der Waals surface area contributed by atoms with Crippen LogP contribution in [-0.4, -0.2) is 48.0 Å². The molecule has 10 heteroatoms. The number of nitrogen functional groups attached to an aromatic ring is 1. The minimum atomic E-state index is -4.57. The normalized spacial score (nSPS) is 11.7. The molecule has 0 unspecified atom stereocenters. The third-order valence-electron chi connectivity index (χ3n) is 6.34. The van der Waals surface area contributed by atoms with Crippen molar-refractivity contribution in [1.82, 2.24) is 14.9 Å². The number of benzene rings is 3. The first-order valence-electron chi connectivity index (χ1n) is 12.6. The summed E-state index contributed by atoms with van der Waals surface area (Å²) in [6, 6.07) is 14.2. The minimum Gasteiger partial charge on any atom is -0.384 e. The molecular formula is C29H31F3N6O. The van der Waals surface area contributed by atoms with Gasteiger partial charge in [-0.1, -0.05) is 12.1 Å². The number of nitrogens with two attached hydrogens (primary N) is 1. The maximum Gasteiger partial charge on any atom is 0.416 e. The van der Waals surface area contributed by atoms with Crippen molar-refractivity contribution in [2.45, 2.75) is 25.9 Å². The quantitative estimate of drug-likeness (QED) is 0.220. The van der Waals surface area contributed by atoms with Gasteiger partial charge in [-0.2, -0.15) is 13.2 Å². The third kappa shape index (κ3) is 7.02. The number of aryl methyl sites for hydroxylation is 1. The van der Waals surface area contributed by atoms with Crippen molar-refractivity contribution in [3.05, 3.63) is 77.5 Å². The predicted octanol–water partition coefficient (Wildman–Crippen LogP) is 6.21. The van der Waals surface area contributed by atoms with Crippen molar-refractivity contribution < 1.29 is 18.0 Å². The molecule has 0 aliphatic carbocycles. The first-order chi connectivity index (χ1) is 18.5. The highest BCUT2D eigenvalue weighted by atomic mass is 19.4. The molecule has 0 atom stereocenters. The Morgan fingerprint density at radius 3 is 2.56 bits per heavy atom. The number of nitrogens with one attached hydrogen (secondary N) is 2. The van der Waals surface area contributed by atoms with E-state index in [1.165, 1.54) is 6.07 Å². The number of unbranched alkanes of at least 4 members (excludes halogenated alkanes) is 1. The van der Waals surface area contributed by atoms with Crippen molar-refractivity contribution in [2.24, 2.45) is 0 Å². The Hall–Kier alpha value is -4.18. The van der Waals surface area contributed by atoms with Gasteiger partial charge < -0.3 is 21.3 Å². The molecule has 0 bridgehead atoms. The molecule has 7 nitrogen and oxygen atoms in total. The zero-order valence-corrected chi connectivity index (χ0v) is 22.1. The Kier molecular flexibility index (Phi) is 8.35. The van der Waals surface area contributed by atoms with E-state index in [1.54, 1.807) is 18.3 Å². The number of fused-ring (bicyclic) bond motifs is 1. The lowest BCUT2D eigenvalue weighted by Gasteiger charge is -2.16. The summed E-state index contributed by atoms with van der Waals surface area (Å²) in [7, 11) is 3.96. The molecule has 4 rings (SSSR count). The monoisotopic (exact) mass is 536 g/mol. The number of halogens is 3. The lowest BCUT2D eigenvalue weighted by atomic mass is 9.98. The molecule has 4 N–H and O–H groups in total. The molecule has 1 heterocycles. The summed E-state index contributed by atoms with van der Waals surface area (Å²) in [4.78, 5) is 23.6. The van der Waals surface area contributed by atoms with Crippen LogP contribution in [0.4, 0.5) is 30.5 Å². The zero-order valence-electron chi connectivity index (χ0n) is 22.1. The van der Waals surface area contributed by atoms with Gasteiger partial charge in [0.15, 0.2) is 0 Å². The van der Waals surface area contributed by atoms with E-state index in [9.17, 15) is 18.0 Å². The van der Waals surface area contributed by atoms with Crippen molar-refractivity contribution in [3.63, 3.8) is 0 Å². The van der Waals surface area contributed by atoms with Crippen molar-refractivity contribution in [3.8, 4) is 11.1 Å². The number of carbonyl (C=O) groups excluding carboxylic acids is 1. The molecule has 204 valence electrons. The van der Waals surface area contributed by atoms with Crippen LogP contribution in [0.1, 0.15) is 34.3 Å². The molecule has 4 aromatic rings. The summed E-state index contributed by atoms with van der Waals surface area (Å²) in [5.41, 5.74) is 8.94. The average Bonchev–Trinajstić information content (AvgIpc) is 2.88. The fourth-order valence-electron chi connectivity index (χ4n) is 4.26. The highest BCUT2D eigenvalue weighted by Gasteiger charge is 2.32. The van der Waals surface area contributed by atoms with Crippen molar-refractivity contribution >= 4 is 34.1 Å². The summed E-state index contributed by atoms with van der Waals surface area (Å²) in [5.74, 6) is -0.442. The van der Waals surface area contributed by atoms with Gasteiger partial charge in [-0.25, -0.2) is 9.97 Å². The number of rotatable bonds is 9. The molecule has 1 aromatic heterocycles. The van der Waals surface area contributed by atoms with Crippen LogP contribution < -0.4 is 16.4 Å². The summed E-state index contributed by atoms with van der Waals surface area (Å²) < 4.78 is 40.4. The summed E-state index contributed by atoms with van der Waals surface area (Å²) in [6.07, 6.45) is -1.20. The van der Waals surface area contributed by atoms with Gasteiger partial charge in [-0.15, -0.1) is 0 Å². The number of amides is 1. The number of aromatic nitrogens is 2. The zero-order chi connectivity index (χ0) is 28.2. The van der Waals surface area contributed by atoms with Gasteiger partial charge in [-0.05, 0) is 99.6 Å². The van der Waals surface area contributed by atoms with Crippen molar-refractivity contribution in [1.29, 1.82) is 0 Å². The first-order valence-corrected chi connectivity index (χ1v) is 12.6. The lowest BCUT2D eigenvalue weighted by molar-refractivity contribution is -0.137. The molecule has 0 aliphatic heterocycles. The van der Waals surface area contributed by atoms with Crippen LogP contribution in [0, 0.1) is 6.92 Å². The highest BCUT2D eigenvalue weighted by Crippen LogP contribution is 2.33. The van der Waals surface area contributed by atoms with E-state index in [2.05, 4.69) is 25.5 Å². The smallest absolute Gasteiger partial charge is 0.384 e. The number of hydrogen-bond donors (Lipinski definition) is 3. The van der Waals surface area contributed by atoms with E-state index in [4.69, 9.17) is 5.73 Å². The van der Waals surface area contributed by atoms with Crippen LogP contribution >= 0.6 is 0 Å².